The minimum absolute atomic E-state index is 0.795. The molecule has 3 heteroatoms. The first kappa shape index (κ1) is 7.85. The highest BCUT2D eigenvalue weighted by Crippen LogP contribution is 2.00. The first-order valence-electron chi connectivity index (χ1n) is 2.60. The van der Waals surface area contributed by atoms with Crippen LogP contribution in [0.2, 0.25) is 13.1 Å². The van der Waals surface area contributed by atoms with E-state index < -0.39 is 8.32 Å². The minimum atomic E-state index is -1.41. The second-order valence-electron chi connectivity index (χ2n) is 2.35. The molecule has 0 aliphatic heterocycles. The van der Waals surface area contributed by atoms with Crippen molar-refractivity contribution in [2.45, 2.75) is 13.1 Å². The molecule has 0 aromatic heterocycles. The van der Waals surface area contributed by atoms with Gasteiger partial charge in [-0.3, -0.25) is 0 Å². The Hall–Kier alpha value is -0.153. The van der Waals surface area contributed by atoms with E-state index in [1.807, 2.05) is 0 Å². The molecule has 0 atom stereocenters. The van der Waals surface area contributed by atoms with Gasteiger partial charge in [0, 0.05) is 7.11 Å². The summed E-state index contributed by atoms with van der Waals surface area (Å²) < 4.78 is 5.18. The SMILES string of the molecule is C=NC[Si](C)(C)OC. The van der Waals surface area contributed by atoms with Crippen molar-refractivity contribution in [1.82, 2.24) is 0 Å². The quantitative estimate of drug-likeness (QED) is 0.415. The van der Waals surface area contributed by atoms with Crippen molar-refractivity contribution in [3.8, 4) is 0 Å². The molecule has 0 spiro atoms. The van der Waals surface area contributed by atoms with Crippen molar-refractivity contribution in [1.29, 1.82) is 0 Å². The molecule has 0 aliphatic carbocycles. The van der Waals surface area contributed by atoms with Gasteiger partial charge in [0.2, 0.25) is 8.32 Å². The molecule has 0 heterocycles. The predicted molar refractivity (Wildman–Crippen MR) is 38.9 cm³/mol. The molecule has 0 rings (SSSR count). The highest BCUT2D eigenvalue weighted by molar-refractivity contribution is 6.71. The highest BCUT2D eigenvalue weighted by atomic mass is 28.4. The lowest BCUT2D eigenvalue weighted by atomic mass is 11.4. The number of hydrogen-bond acceptors (Lipinski definition) is 2. The average Bonchev–Trinajstić information content (AvgIpc) is 1.67. The van der Waals surface area contributed by atoms with Crippen LogP contribution in [0.4, 0.5) is 0 Å². The van der Waals surface area contributed by atoms with Crippen LogP contribution in [-0.4, -0.2) is 28.3 Å². The van der Waals surface area contributed by atoms with Crippen LogP contribution in [-0.2, 0) is 4.43 Å². The van der Waals surface area contributed by atoms with Crippen LogP contribution in [0.15, 0.2) is 4.99 Å². The fraction of sp³-hybridized carbons (Fsp3) is 0.800. The van der Waals surface area contributed by atoms with Crippen LogP contribution in [0.1, 0.15) is 0 Å². The normalized spacial score (nSPS) is 11.4. The van der Waals surface area contributed by atoms with E-state index in [0.717, 1.165) is 6.17 Å². The van der Waals surface area contributed by atoms with E-state index in [4.69, 9.17) is 4.43 Å². The van der Waals surface area contributed by atoms with Gasteiger partial charge in [0.15, 0.2) is 0 Å². The molecule has 0 amide bonds. The van der Waals surface area contributed by atoms with Gasteiger partial charge in [0.1, 0.15) is 0 Å². The van der Waals surface area contributed by atoms with E-state index in [0.29, 0.717) is 0 Å². The highest BCUT2D eigenvalue weighted by Gasteiger charge is 2.18. The lowest BCUT2D eigenvalue weighted by Crippen LogP contribution is -2.32. The van der Waals surface area contributed by atoms with Crippen molar-refractivity contribution < 1.29 is 4.43 Å². The molecular formula is C5H13NOSi. The number of rotatable bonds is 3. The van der Waals surface area contributed by atoms with Gasteiger partial charge < -0.3 is 9.42 Å². The zero-order chi connectivity index (χ0) is 6.62. The number of aliphatic imine (C=N–C) groups is 1. The summed E-state index contributed by atoms with van der Waals surface area (Å²) in [4.78, 5) is 3.76. The largest absolute Gasteiger partial charge is 0.419 e. The van der Waals surface area contributed by atoms with E-state index in [-0.39, 0.29) is 0 Å². The first-order valence-corrected chi connectivity index (χ1v) is 5.71. The Balaban J connectivity index is 3.53. The van der Waals surface area contributed by atoms with E-state index in [9.17, 15) is 0 Å². The van der Waals surface area contributed by atoms with Crippen LogP contribution in [0.5, 0.6) is 0 Å². The summed E-state index contributed by atoms with van der Waals surface area (Å²) in [6.45, 7) is 7.62. The van der Waals surface area contributed by atoms with Gasteiger partial charge in [-0.1, -0.05) is 0 Å². The maximum absolute atomic E-state index is 5.18. The van der Waals surface area contributed by atoms with Crippen LogP contribution in [0.25, 0.3) is 0 Å². The fourth-order valence-corrected chi connectivity index (χ4v) is 1.00. The molecule has 48 valence electrons. The summed E-state index contributed by atoms with van der Waals surface area (Å²) in [5.41, 5.74) is 0. The third-order valence-corrected chi connectivity index (χ3v) is 3.14. The Morgan fingerprint density at radius 1 is 1.62 bits per heavy atom. The summed E-state index contributed by atoms with van der Waals surface area (Å²) in [5.74, 6) is 0. The van der Waals surface area contributed by atoms with Gasteiger partial charge in [-0.25, -0.2) is 0 Å². The van der Waals surface area contributed by atoms with E-state index in [1.165, 1.54) is 0 Å². The summed E-state index contributed by atoms with van der Waals surface area (Å²) in [5, 5.41) is 0. The fourth-order valence-electron chi connectivity index (χ4n) is 0.334. The molecule has 0 radical (unpaired) electrons. The second kappa shape index (κ2) is 2.99. The van der Waals surface area contributed by atoms with Crippen molar-refractivity contribution in [2.24, 2.45) is 4.99 Å². The maximum Gasteiger partial charge on any atom is 0.207 e. The average molecular weight is 131 g/mol. The molecule has 0 unspecified atom stereocenters. The van der Waals surface area contributed by atoms with Gasteiger partial charge in [-0.2, -0.15) is 0 Å². The Morgan fingerprint density at radius 3 is 2.25 bits per heavy atom. The van der Waals surface area contributed by atoms with Crippen molar-refractivity contribution in [3.05, 3.63) is 0 Å². The summed E-state index contributed by atoms with van der Waals surface area (Å²) in [6, 6.07) is 0. The Kier molecular flexibility index (Phi) is 2.93. The summed E-state index contributed by atoms with van der Waals surface area (Å²) >= 11 is 0. The third-order valence-electron chi connectivity index (χ3n) is 1.05. The maximum atomic E-state index is 5.18. The molecule has 2 nitrogen and oxygen atoms in total. The second-order valence-corrected chi connectivity index (χ2v) is 6.59. The van der Waals surface area contributed by atoms with Crippen LogP contribution in [0.3, 0.4) is 0 Å². The van der Waals surface area contributed by atoms with Crippen molar-refractivity contribution in [3.63, 3.8) is 0 Å². The van der Waals surface area contributed by atoms with Gasteiger partial charge in [0.25, 0.3) is 0 Å². The van der Waals surface area contributed by atoms with Gasteiger partial charge in [-0.15, -0.1) is 0 Å². The molecular weight excluding hydrogens is 118 g/mol. The minimum Gasteiger partial charge on any atom is -0.419 e. The molecule has 8 heavy (non-hydrogen) atoms. The lowest BCUT2D eigenvalue weighted by Gasteiger charge is -2.15. The number of hydrogen-bond donors (Lipinski definition) is 0. The summed E-state index contributed by atoms with van der Waals surface area (Å²) in [7, 11) is 0.327. The molecule has 0 saturated heterocycles. The standard InChI is InChI=1S/C5H13NOSi/c1-6-5-8(3,4)7-2/h1,5H2,2-4H3. The van der Waals surface area contributed by atoms with Gasteiger partial charge in [0.05, 0.1) is 6.17 Å². The number of nitrogens with zero attached hydrogens (tertiary/aromatic N) is 1. The molecule has 0 saturated carbocycles. The summed E-state index contributed by atoms with van der Waals surface area (Å²) in [6.07, 6.45) is 0.795. The first-order chi connectivity index (χ1) is 3.62. The van der Waals surface area contributed by atoms with Crippen LogP contribution in [0, 0.1) is 0 Å². The Labute approximate surface area is 51.7 Å². The molecule has 0 aromatic carbocycles. The van der Waals surface area contributed by atoms with Crippen LogP contribution >= 0.6 is 0 Å². The van der Waals surface area contributed by atoms with Crippen molar-refractivity contribution >= 4 is 15.0 Å². The molecule has 0 aromatic rings. The monoisotopic (exact) mass is 131 g/mol. The Bertz CT molecular complexity index is 82.5. The lowest BCUT2D eigenvalue weighted by molar-refractivity contribution is 0.405. The van der Waals surface area contributed by atoms with E-state index in [2.05, 4.69) is 24.8 Å². The van der Waals surface area contributed by atoms with Crippen molar-refractivity contribution in [2.75, 3.05) is 13.3 Å². The zero-order valence-electron chi connectivity index (χ0n) is 5.77. The zero-order valence-corrected chi connectivity index (χ0v) is 6.77. The third kappa shape index (κ3) is 2.93. The van der Waals surface area contributed by atoms with Gasteiger partial charge in [-0.05, 0) is 19.8 Å². The van der Waals surface area contributed by atoms with E-state index in [1.54, 1.807) is 7.11 Å². The topological polar surface area (TPSA) is 21.6 Å². The van der Waals surface area contributed by atoms with Crippen LogP contribution < -0.4 is 0 Å². The van der Waals surface area contributed by atoms with Gasteiger partial charge >= 0.3 is 0 Å². The molecule has 0 N–H and O–H groups in total. The molecule has 0 bridgehead atoms. The smallest absolute Gasteiger partial charge is 0.207 e. The molecule has 0 fully saturated rings. The van der Waals surface area contributed by atoms with E-state index >= 15 is 0 Å². The molecule has 0 aliphatic rings. The predicted octanol–water partition coefficient (Wildman–Crippen LogP) is 1.08. The Morgan fingerprint density at radius 2 is 2.12 bits per heavy atom.